The fraction of sp³-hybridized carbons (Fsp3) is 0.389. The Morgan fingerprint density at radius 3 is 2.48 bits per heavy atom. The van der Waals surface area contributed by atoms with Gasteiger partial charge in [-0.2, -0.15) is 0 Å². The molecule has 0 atom stereocenters. The lowest BCUT2D eigenvalue weighted by atomic mass is 9.87. The van der Waals surface area contributed by atoms with Gasteiger partial charge in [-0.1, -0.05) is 36.4 Å². The SMILES string of the molecule is COC(=O)C1CCC(Oc2cccc3ccccc23)CC1. The zero-order valence-electron chi connectivity index (χ0n) is 12.2. The Bertz CT molecular complexity index is 622. The molecule has 0 aliphatic heterocycles. The lowest BCUT2D eigenvalue weighted by molar-refractivity contribution is -0.147. The Balaban J connectivity index is 1.69. The Morgan fingerprint density at radius 1 is 1.00 bits per heavy atom. The minimum Gasteiger partial charge on any atom is -0.490 e. The fourth-order valence-electron chi connectivity index (χ4n) is 3.06. The molecule has 2 aromatic rings. The van der Waals surface area contributed by atoms with Gasteiger partial charge in [0, 0.05) is 5.39 Å². The minimum atomic E-state index is -0.0846. The summed E-state index contributed by atoms with van der Waals surface area (Å²) in [6.45, 7) is 0. The van der Waals surface area contributed by atoms with Crippen molar-refractivity contribution in [3.8, 4) is 5.75 Å². The highest BCUT2D eigenvalue weighted by molar-refractivity contribution is 5.88. The zero-order chi connectivity index (χ0) is 14.7. The van der Waals surface area contributed by atoms with Crippen LogP contribution in [0, 0.1) is 5.92 Å². The molecule has 0 bridgehead atoms. The van der Waals surface area contributed by atoms with Crippen molar-refractivity contribution in [3.63, 3.8) is 0 Å². The number of ether oxygens (including phenoxy) is 2. The Hall–Kier alpha value is -2.03. The molecule has 3 nitrogen and oxygen atoms in total. The molecule has 0 saturated heterocycles. The van der Waals surface area contributed by atoms with Gasteiger partial charge in [-0.25, -0.2) is 0 Å². The van der Waals surface area contributed by atoms with Crippen molar-refractivity contribution in [2.75, 3.05) is 7.11 Å². The van der Waals surface area contributed by atoms with Crippen LogP contribution < -0.4 is 4.74 Å². The predicted molar refractivity (Wildman–Crippen MR) is 82.3 cm³/mol. The van der Waals surface area contributed by atoms with Crippen molar-refractivity contribution in [2.45, 2.75) is 31.8 Å². The third-order valence-electron chi connectivity index (χ3n) is 4.25. The van der Waals surface area contributed by atoms with E-state index >= 15 is 0 Å². The average molecular weight is 284 g/mol. The maximum absolute atomic E-state index is 11.5. The van der Waals surface area contributed by atoms with Crippen LogP contribution in [0.5, 0.6) is 5.75 Å². The fourth-order valence-corrected chi connectivity index (χ4v) is 3.06. The first-order valence-corrected chi connectivity index (χ1v) is 7.50. The number of carbonyl (C=O) groups is 1. The van der Waals surface area contributed by atoms with Gasteiger partial charge in [0.25, 0.3) is 0 Å². The topological polar surface area (TPSA) is 35.5 Å². The number of fused-ring (bicyclic) bond motifs is 1. The van der Waals surface area contributed by atoms with E-state index in [4.69, 9.17) is 9.47 Å². The quantitative estimate of drug-likeness (QED) is 0.801. The van der Waals surface area contributed by atoms with E-state index in [0.717, 1.165) is 36.8 Å². The van der Waals surface area contributed by atoms with Crippen LogP contribution >= 0.6 is 0 Å². The summed E-state index contributed by atoms with van der Waals surface area (Å²) in [7, 11) is 1.46. The molecule has 0 spiro atoms. The van der Waals surface area contributed by atoms with Gasteiger partial charge < -0.3 is 9.47 Å². The van der Waals surface area contributed by atoms with Crippen molar-refractivity contribution < 1.29 is 14.3 Å². The number of esters is 1. The molecule has 110 valence electrons. The number of benzene rings is 2. The highest BCUT2D eigenvalue weighted by Crippen LogP contribution is 2.31. The standard InChI is InChI=1S/C18H20O3/c1-20-18(19)14-9-11-15(12-10-14)21-17-8-4-6-13-5-2-3-7-16(13)17/h2-8,14-15H,9-12H2,1H3. The third kappa shape index (κ3) is 3.02. The smallest absolute Gasteiger partial charge is 0.308 e. The van der Waals surface area contributed by atoms with E-state index in [1.165, 1.54) is 12.5 Å². The number of hydrogen-bond donors (Lipinski definition) is 0. The van der Waals surface area contributed by atoms with E-state index in [-0.39, 0.29) is 18.0 Å². The molecule has 0 N–H and O–H groups in total. The van der Waals surface area contributed by atoms with Gasteiger partial charge in [-0.3, -0.25) is 4.79 Å². The second-order valence-electron chi connectivity index (χ2n) is 5.59. The maximum Gasteiger partial charge on any atom is 0.308 e. The van der Waals surface area contributed by atoms with E-state index in [9.17, 15) is 4.79 Å². The molecular weight excluding hydrogens is 264 g/mol. The molecular formula is C18H20O3. The van der Waals surface area contributed by atoms with E-state index in [0.29, 0.717) is 0 Å². The summed E-state index contributed by atoms with van der Waals surface area (Å²) >= 11 is 0. The summed E-state index contributed by atoms with van der Waals surface area (Å²) < 4.78 is 11.0. The third-order valence-corrected chi connectivity index (χ3v) is 4.25. The van der Waals surface area contributed by atoms with Gasteiger partial charge in [0.1, 0.15) is 5.75 Å². The molecule has 21 heavy (non-hydrogen) atoms. The first-order valence-electron chi connectivity index (χ1n) is 7.50. The number of methoxy groups -OCH3 is 1. The first kappa shape index (κ1) is 13.9. The lowest BCUT2D eigenvalue weighted by Gasteiger charge is -2.27. The Labute approximate surface area is 124 Å². The van der Waals surface area contributed by atoms with Crippen LogP contribution in [0.4, 0.5) is 0 Å². The van der Waals surface area contributed by atoms with Gasteiger partial charge in [0.2, 0.25) is 0 Å². The number of rotatable bonds is 3. The summed E-state index contributed by atoms with van der Waals surface area (Å²) in [5.74, 6) is 0.899. The summed E-state index contributed by atoms with van der Waals surface area (Å²) in [4.78, 5) is 11.5. The van der Waals surface area contributed by atoms with E-state index in [2.05, 4.69) is 18.2 Å². The lowest BCUT2D eigenvalue weighted by Crippen LogP contribution is -2.28. The molecule has 0 amide bonds. The molecule has 1 aliphatic rings. The second-order valence-corrected chi connectivity index (χ2v) is 5.59. The monoisotopic (exact) mass is 284 g/mol. The molecule has 2 aromatic carbocycles. The highest BCUT2D eigenvalue weighted by atomic mass is 16.5. The summed E-state index contributed by atoms with van der Waals surface area (Å²) in [6.07, 6.45) is 3.70. The summed E-state index contributed by atoms with van der Waals surface area (Å²) in [6, 6.07) is 14.4. The van der Waals surface area contributed by atoms with Gasteiger partial charge in [-0.15, -0.1) is 0 Å². The van der Waals surface area contributed by atoms with Crippen LogP contribution in [0.25, 0.3) is 10.8 Å². The second kappa shape index (κ2) is 6.17. The summed E-state index contributed by atoms with van der Waals surface area (Å²) in [5, 5.41) is 2.34. The van der Waals surface area contributed by atoms with Crippen LogP contribution in [0.15, 0.2) is 42.5 Å². The van der Waals surface area contributed by atoms with Crippen molar-refractivity contribution in [2.24, 2.45) is 5.92 Å². The summed E-state index contributed by atoms with van der Waals surface area (Å²) in [5.41, 5.74) is 0. The van der Waals surface area contributed by atoms with Gasteiger partial charge in [-0.05, 0) is 37.1 Å². The average Bonchev–Trinajstić information content (AvgIpc) is 2.55. The predicted octanol–water partition coefficient (Wildman–Crippen LogP) is 3.95. The molecule has 3 heteroatoms. The van der Waals surface area contributed by atoms with Gasteiger partial charge in [0.05, 0.1) is 19.1 Å². The van der Waals surface area contributed by atoms with Crippen molar-refractivity contribution >= 4 is 16.7 Å². The van der Waals surface area contributed by atoms with Crippen LogP contribution in [0.1, 0.15) is 25.7 Å². The molecule has 0 heterocycles. The molecule has 3 rings (SSSR count). The maximum atomic E-state index is 11.5. The van der Waals surface area contributed by atoms with Crippen LogP contribution in [0.3, 0.4) is 0 Å². The normalized spacial score (nSPS) is 22.0. The van der Waals surface area contributed by atoms with Crippen LogP contribution in [-0.4, -0.2) is 19.2 Å². The molecule has 0 radical (unpaired) electrons. The van der Waals surface area contributed by atoms with E-state index < -0.39 is 0 Å². The first-order chi connectivity index (χ1) is 10.3. The minimum absolute atomic E-state index is 0.0439. The van der Waals surface area contributed by atoms with Gasteiger partial charge in [0.15, 0.2) is 0 Å². The molecule has 0 unspecified atom stereocenters. The zero-order valence-corrected chi connectivity index (χ0v) is 12.2. The molecule has 0 aromatic heterocycles. The van der Waals surface area contributed by atoms with Crippen molar-refractivity contribution in [1.29, 1.82) is 0 Å². The largest absolute Gasteiger partial charge is 0.490 e. The highest BCUT2D eigenvalue weighted by Gasteiger charge is 2.28. The number of hydrogen-bond acceptors (Lipinski definition) is 3. The van der Waals surface area contributed by atoms with E-state index in [1.54, 1.807) is 0 Å². The Kier molecular flexibility index (Phi) is 4.09. The van der Waals surface area contributed by atoms with E-state index in [1.807, 2.05) is 24.3 Å². The van der Waals surface area contributed by atoms with Crippen molar-refractivity contribution in [3.05, 3.63) is 42.5 Å². The van der Waals surface area contributed by atoms with Crippen molar-refractivity contribution in [1.82, 2.24) is 0 Å². The van der Waals surface area contributed by atoms with Crippen LogP contribution in [-0.2, 0) is 9.53 Å². The molecule has 1 aliphatic carbocycles. The molecule has 1 saturated carbocycles. The Morgan fingerprint density at radius 2 is 1.71 bits per heavy atom. The molecule has 1 fully saturated rings. The van der Waals surface area contributed by atoms with Crippen LogP contribution in [0.2, 0.25) is 0 Å². The van der Waals surface area contributed by atoms with Gasteiger partial charge >= 0.3 is 5.97 Å². The number of carbonyl (C=O) groups excluding carboxylic acids is 1.